The van der Waals surface area contributed by atoms with Crippen molar-refractivity contribution in [3.63, 3.8) is 0 Å². The van der Waals surface area contributed by atoms with Gasteiger partial charge >= 0.3 is 23.9 Å². The van der Waals surface area contributed by atoms with Crippen LogP contribution in [0.2, 0.25) is 0 Å². The molecule has 0 aromatic heterocycles. The minimum atomic E-state index is -0.616. The van der Waals surface area contributed by atoms with E-state index in [4.69, 9.17) is 23.7 Å². The van der Waals surface area contributed by atoms with E-state index in [0.29, 0.717) is 41.4 Å². The number of hydrogen-bond donors (Lipinski definition) is 0. The number of ether oxygens (including phenoxy) is 5. The van der Waals surface area contributed by atoms with Crippen molar-refractivity contribution in [1.29, 1.82) is 0 Å². The van der Waals surface area contributed by atoms with Crippen LogP contribution in [0.3, 0.4) is 0 Å². The highest BCUT2D eigenvalue weighted by molar-refractivity contribution is 5.92. The fraction of sp³-hybridized carbons (Fsp3) is 0.450. The number of carbonyl (C=O) groups is 4. The van der Waals surface area contributed by atoms with Crippen LogP contribution in [-0.4, -0.2) is 36.6 Å². The molecule has 3 aromatic carbocycles. The Hall–Kier alpha value is -4.66. The van der Waals surface area contributed by atoms with Crippen molar-refractivity contribution in [3.05, 3.63) is 83.9 Å². The van der Waals surface area contributed by atoms with Gasteiger partial charge in [-0.2, -0.15) is 0 Å². The largest absolute Gasteiger partial charge is 0.494 e. The predicted octanol–water partition coefficient (Wildman–Crippen LogP) is 8.77. The topological polar surface area (TPSA) is 114 Å². The Balaban J connectivity index is 1.18. The van der Waals surface area contributed by atoms with E-state index in [1.165, 1.54) is 61.4 Å². The van der Waals surface area contributed by atoms with Gasteiger partial charge < -0.3 is 23.7 Å². The highest BCUT2D eigenvalue weighted by atomic mass is 16.6. The van der Waals surface area contributed by atoms with Crippen LogP contribution in [0.5, 0.6) is 23.0 Å². The third kappa shape index (κ3) is 12.1. The molecule has 0 aliphatic heterocycles. The van der Waals surface area contributed by atoms with Gasteiger partial charge in [0.15, 0.2) is 0 Å². The van der Waals surface area contributed by atoms with Crippen LogP contribution in [-0.2, 0) is 14.3 Å². The quantitative estimate of drug-likeness (QED) is 0.0837. The zero-order valence-electron chi connectivity index (χ0n) is 29.0. The number of unbranched alkanes of at least 4 members (excludes halogenated alkanes) is 3. The Morgan fingerprint density at radius 2 is 1.16 bits per heavy atom. The van der Waals surface area contributed by atoms with Gasteiger partial charge in [0.05, 0.1) is 30.6 Å². The first-order chi connectivity index (χ1) is 23.6. The molecule has 0 saturated heterocycles. The lowest BCUT2D eigenvalue weighted by molar-refractivity contribution is -0.157. The van der Waals surface area contributed by atoms with E-state index in [9.17, 15) is 19.2 Å². The molecule has 1 aliphatic rings. The van der Waals surface area contributed by atoms with Crippen molar-refractivity contribution in [2.45, 2.75) is 91.6 Å². The van der Waals surface area contributed by atoms with Crippen LogP contribution < -0.4 is 18.9 Å². The molecule has 1 aliphatic carbocycles. The maximum atomic E-state index is 12.7. The maximum absolute atomic E-state index is 12.7. The molecule has 262 valence electrons. The first-order valence-electron chi connectivity index (χ1n) is 17.4. The third-order valence-electron chi connectivity index (χ3n) is 8.70. The molecule has 0 heterocycles. The summed E-state index contributed by atoms with van der Waals surface area (Å²) in [6.07, 6.45) is 7.23. The molecule has 0 radical (unpaired) electrons. The average Bonchev–Trinajstić information content (AvgIpc) is 3.08. The van der Waals surface area contributed by atoms with Crippen molar-refractivity contribution in [2.75, 3.05) is 6.61 Å². The second-order valence-corrected chi connectivity index (χ2v) is 13.0. The number of carbonyl (C=O) groups excluding carboxylic acids is 4. The van der Waals surface area contributed by atoms with Crippen LogP contribution in [0.15, 0.2) is 72.8 Å². The Morgan fingerprint density at radius 3 is 1.71 bits per heavy atom. The first-order valence-corrected chi connectivity index (χ1v) is 17.4. The lowest BCUT2D eigenvalue weighted by Crippen LogP contribution is -2.36. The molecule has 1 saturated carbocycles. The Labute approximate surface area is 289 Å². The summed E-state index contributed by atoms with van der Waals surface area (Å²) >= 11 is 0. The third-order valence-corrected chi connectivity index (χ3v) is 8.70. The van der Waals surface area contributed by atoms with Crippen molar-refractivity contribution >= 4 is 23.9 Å². The first kappa shape index (κ1) is 37.2. The van der Waals surface area contributed by atoms with Gasteiger partial charge in [-0.1, -0.05) is 53.4 Å². The number of esters is 4. The van der Waals surface area contributed by atoms with Crippen molar-refractivity contribution in [2.24, 2.45) is 17.8 Å². The molecule has 49 heavy (non-hydrogen) atoms. The van der Waals surface area contributed by atoms with Crippen LogP contribution in [0.1, 0.15) is 106 Å². The van der Waals surface area contributed by atoms with Crippen molar-refractivity contribution < 1.29 is 42.9 Å². The molecule has 9 nitrogen and oxygen atoms in total. The van der Waals surface area contributed by atoms with E-state index in [2.05, 4.69) is 27.7 Å². The lowest BCUT2D eigenvalue weighted by atomic mass is 9.75. The molecule has 0 spiro atoms. The van der Waals surface area contributed by atoms with E-state index < -0.39 is 23.9 Å². The highest BCUT2D eigenvalue weighted by Gasteiger charge is 2.33. The summed E-state index contributed by atoms with van der Waals surface area (Å²) in [4.78, 5) is 50.1. The summed E-state index contributed by atoms with van der Waals surface area (Å²) in [5.74, 6) is 0.673. The van der Waals surface area contributed by atoms with Gasteiger partial charge in [0.1, 0.15) is 29.1 Å². The van der Waals surface area contributed by atoms with Crippen LogP contribution in [0.4, 0.5) is 0 Å². The van der Waals surface area contributed by atoms with Crippen LogP contribution in [0, 0.1) is 17.8 Å². The Kier molecular flexibility index (Phi) is 14.2. The molecule has 3 atom stereocenters. The molecule has 1 fully saturated rings. The van der Waals surface area contributed by atoms with E-state index in [-0.39, 0.29) is 36.0 Å². The van der Waals surface area contributed by atoms with Gasteiger partial charge in [-0.05, 0) is 110 Å². The van der Waals surface area contributed by atoms with Gasteiger partial charge in [-0.25, -0.2) is 9.59 Å². The predicted molar refractivity (Wildman–Crippen MR) is 185 cm³/mol. The zero-order chi connectivity index (χ0) is 35.2. The lowest BCUT2D eigenvalue weighted by Gasteiger charge is -2.36. The SMILES string of the molecule is CCCCCCOc1ccc(C(=O)Oc2ccc(OC(=O)c3ccc(OC(=O)CCC(=O)OC4CC(C)CCC4C(C)C)cc3)cc2)cc1. The summed E-state index contributed by atoms with van der Waals surface area (Å²) < 4.78 is 27.7. The van der Waals surface area contributed by atoms with E-state index in [1.54, 1.807) is 24.3 Å². The molecule has 4 rings (SSSR count). The molecule has 9 heteroatoms. The smallest absolute Gasteiger partial charge is 0.343 e. The maximum Gasteiger partial charge on any atom is 0.343 e. The van der Waals surface area contributed by atoms with Gasteiger partial charge in [0.25, 0.3) is 0 Å². The van der Waals surface area contributed by atoms with Crippen LogP contribution in [0.25, 0.3) is 0 Å². The van der Waals surface area contributed by atoms with Gasteiger partial charge in [-0.3, -0.25) is 9.59 Å². The van der Waals surface area contributed by atoms with Crippen LogP contribution >= 0.6 is 0 Å². The Bertz CT molecular complexity index is 1510. The zero-order valence-corrected chi connectivity index (χ0v) is 29.0. The van der Waals surface area contributed by atoms with Gasteiger partial charge in [0, 0.05) is 0 Å². The molecule has 0 amide bonds. The number of benzene rings is 3. The fourth-order valence-electron chi connectivity index (χ4n) is 5.84. The minimum Gasteiger partial charge on any atom is -0.494 e. The molecular weight excluding hydrogens is 624 g/mol. The Morgan fingerprint density at radius 1 is 0.653 bits per heavy atom. The van der Waals surface area contributed by atoms with Gasteiger partial charge in [-0.15, -0.1) is 0 Å². The van der Waals surface area contributed by atoms with Crippen molar-refractivity contribution in [3.8, 4) is 23.0 Å². The molecule has 0 N–H and O–H groups in total. The van der Waals surface area contributed by atoms with Gasteiger partial charge in [0.2, 0.25) is 0 Å². The average molecular weight is 673 g/mol. The standard InChI is InChI=1S/C40H48O9/c1-5-6-7-8-25-45-31-14-10-29(11-15-31)39(43)47-33-18-20-34(21-19-33)48-40(44)30-12-16-32(17-13-30)46-37(41)23-24-38(42)49-36-26-28(4)9-22-35(36)27(2)3/h10-21,27-28,35-36H,5-9,22-26H2,1-4H3. The second-order valence-electron chi connectivity index (χ2n) is 13.0. The number of hydrogen-bond acceptors (Lipinski definition) is 9. The molecular formula is C40H48O9. The molecule has 3 unspecified atom stereocenters. The molecule has 3 aromatic rings. The van der Waals surface area contributed by atoms with E-state index >= 15 is 0 Å². The summed E-state index contributed by atoms with van der Waals surface area (Å²) in [5.41, 5.74) is 0.628. The summed E-state index contributed by atoms with van der Waals surface area (Å²) in [6, 6.07) is 18.8. The fourth-order valence-corrected chi connectivity index (χ4v) is 5.84. The summed E-state index contributed by atoms with van der Waals surface area (Å²) in [5, 5.41) is 0. The normalized spacial score (nSPS) is 17.2. The minimum absolute atomic E-state index is 0.0568. The summed E-state index contributed by atoms with van der Waals surface area (Å²) in [6.45, 7) is 9.27. The monoisotopic (exact) mass is 672 g/mol. The summed E-state index contributed by atoms with van der Waals surface area (Å²) in [7, 11) is 0. The number of rotatable bonds is 16. The second kappa shape index (κ2) is 18.8. The van der Waals surface area contributed by atoms with Crippen molar-refractivity contribution in [1.82, 2.24) is 0 Å². The highest BCUT2D eigenvalue weighted by Crippen LogP contribution is 2.35. The molecule has 0 bridgehead atoms. The van der Waals surface area contributed by atoms with E-state index in [1.807, 2.05) is 0 Å². The van der Waals surface area contributed by atoms with E-state index in [0.717, 1.165) is 32.1 Å².